The van der Waals surface area contributed by atoms with Crippen molar-refractivity contribution in [1.82, 2.24) is 9.80 Å². The summed E-state index contributed by atoms with van der Waals surface area (Å²) in [6.07, 6.45) is 14.8. The van der Waals surface area contributed by atoms with Crippen molar-refractivity contribution < 1.29 is 9.53 Å². The van der Waals surface area contributed by atoms with Gasteiger partial charge >= 0.3 is 6.09 Å². The van der Waals surface area contributed by atoms with Gasteiger partial charge in [0.1, 0.15) is 6.10 Å². The van der Waals surface area contributed by atoms with Crippen LogP contribution in [0.2, 0.25) is 0 Å². The maximum atomic E-state index is 13.2. The third kappa shape index (κ3) is 3.12. The van der Waals surface area contributed by atoms with Crippen molar-refractivity contribution in [3.8, 4) is 0 Å². The minimum absolute atomic E-state index is 0.0297. The largest absolute Gasteiger partial charge is 0.444 e. The van der Waals surface area contributed by atoms with Gasteiger partial charge in [0.25, 0.3) is 0 Å². The van der Waals surface area contributed by atoms with E-state index in [-0.39, 0.29) is 18.2 Å². The van der Waals surface area contributed by atoms with Crippen LogP contribution in [-0.2, 0) is 4.74 Å². The topological polar surface area (TPSA) is 32.8 Å². The molecule has 0 saturated carbocycles. The number of benzene rings is 1. The van der Waals surface area contributed by atoms with E-state index in [9.17, 15) is 4.79 Å². The van der Waals surface area contributed by atoms with Crippen molar-refractivity contribution in [1.29, 1.82) is 0 Å². The summed E-state index contributed by atoms with van der Waals surface area (Å²) in [6, 6.07) is 8.24. The highest BCUT2D eigenvalue weighted by Crippen LogP contribution is 2.39. The van der Waals surface area contributed by atoms with Crippen LogP contribution in [0.15, 0.2) is 54.3 Å². The van der Waals surface area contributed by atoms with E-state index in [1.165, 1.54) is 16.7 Å². The molecule has 1 amide bonds. The lowest BCUT2D eigenvalue weighted by Gasteiger charge is -2.44. The van der Waals surface area contributed by atoms with Gasteiger partial charge in [0, 0.05) is 12.7 Å². The fraction of sp³-hybridized carbons (Fsp3) is 0.435. The molecule has 3 fully saturated rings. The molecule has 2 bridgehead atoms. The molecule has 27 heavy (non-hydrogen) atoms. The molecule has 140 valence electrons. The van der Waals surface area contributed by atoms with Crippen LogP contribution < -0.4 is 0 Å². The zero-order chi connectivity index (χ0) is 18.2. The van der Waals surface area contributed by atoms with Crippen LogP contribution in [0.4, 0.5) is 4.79 Å². The Labute approximate surface area is 160 Å². The standard InChI is InChI=1S/C23H26N2O2/c26-23(27-21-16-24-13-10-18(21)11-14-24)25-15-12-17-6-4-5-9-20(17)22(25)19-7-2-1-3-8-19/h2,4-9,12,15,18,21-22H,1,3,10-11,13-14,16H2/t21?,22-/m1/s1. The lowest BCUT2D eigenvalue weighted by Crippen LogP contribution is -2.53. The van der Waals surface area contributed by atoms with Crippen LogP contribution in [0, 0.1) is 5.92 Å². The van der Waals surface area contributed by atoms with Gasteiger partial charge in [-0.3, -0.25) is 9.80 Å². The van der Waals surface area contributed by atoms with Gasteiger partial charge in [-0.05, 0) is 67.5 Å². The van der Waals surface area contributed by atoms with Crippen molar-refractivity contribution in [2.24, 2.45) is 5.92 Å². The van der Waals surface area contributed by atoms with Crippen LogP contribution >= 0.6 is 0 Å². The molecular formula is C23H26N2O2. The highest BCUT2D eigenvalue weighted by Gasteiger charge is 2.39. The zero-order valence-corrected chi connectivity index (χ0v) is 15.6. The van der Waals surface area contributed by atoms with Crippen LogP contribution in [0.1, 0.15) is 42.9 Å². The Hall–Kier alpha value is -2.33. The molecule has 4 heteroatoms. The molecule has 2 atom stereocenters. The normalized spacial score (nSPS) is 31.4. The number of nitrogens with zero attached hydrogens (tertiary/aromatic N) is 2. The Morgan fingerprint density at radius 1 is 1.07 bits per heavy atom. The second-order valence-electron chi connectivity index (χ2n) is 8.00. The minimum Gasteiger partial charge on any atom is -0.444 e. The lowest BCUT2D eigenvalue weighted by molar-refractivity contribution is -0.0421. The first-order valence-corrected chi connectivity index (χ1v) is 10.1. The summed E-state index contributed by atoms with van der Waals surface area (Å²) in [6.45, 7) is 3.18. The molecule has 4 nitrogen and oxygen atoms in total. The zero-order valence-electron chi connectivity index (χ0n) is 15.6. The summed E-state index contributed by atoms with van der Waals surface area (Å²) in [5.41, 5.74) is 3.53. The quantitative estimate of drug-likeness (QED) is 0.775. The third-order valence-electron chi connectivity index (χ3n) is 6.38. The maximum absolute atomic E-state index is 13.2. The van der Waals surface area contributed by atoms with Crippen molar-refractivity contribution in [2.75, 3.05) is 19.6 Å². The van der Waals surface area contributed by atoms with Crippen molar-refractivity contribution in [3.63, 3.8) is 0 Å². The number of allylic oxidation sites excluding steroid dienone is 2. The van der Waals surface area contributed by atoms with E-state index >= 15 is 0 Å². The van der Waals surface area contributed by atoms with E-state index in [1.54, 1.807) is 4.90 Å². The lowest BCUT2D eigenvalue weighted by atomic mass is 9.86. The number of amides is 1. The van der Waals surface area contributed by atoms with Crippen LogP contribution in [-0.4, -0.2) is 41.6 Å². The Morgan fingerprint density at radius 2 is 1.93 bits per heavy atom. The SMILES string of the molecule is O=C(OC1CN2CCC1CC2)N1C=Cc2ccccc2[C@H]1C1=CCCC=C1. The summed E-state index contributed by atoms with van der Waals surface area (Å²) < 4.78 is 6.04. The molecule has 0 radical (unpaired) electrons. The molecule has 3 saturated heterocycles. The first-order chi connectivity index (χ1) is 13.3. The number of fused-ring (bicyclic) bond motifs is 4. The third-order valence-corrected chi connectivity index (χ3v) is 6.38. The molecule has 6 rings (SSSR count). The average Bonchev–Trinajstić information content (AvgIpc) is 2.74. The van der Waals surface area contributed by atoms with Crippen LogP contribution in [0.5, 0.6) is 0 Å². The number of carbonyl (C=O) groups excluding carboxylic acids is 1. The van der Waals surface area contributed by atoms with Gasteiger partial charge in [-0.25, -0.2) is 4.79 Å². The van der Waals surface area contributed by atoms with E-state index < -0.39 is 0 Å². The predicted octanol–water partition coefficient (Wildman–Crippen LogP) is 4.52. The highest BCUT2D eigenvalue weighted by atomic mass is 16.6. The first-order valence-electron chi connectivity index (χ1n) is 10.1. The predicted molar refractivity (Wildman–Crippen MR) is 106 cm³/mol. The van der Waals surface area contributed by atoms with Gasteiger partial charge in [-0.1, -0.05) is 42.5 Å². The molecule has 1 aliphatic carbocycles. The van der Waals surface area contributed by atoms with Crippen molar-refractivity contribution >= 4 is 12.2 Å². The minimum atomic E-state index is -0.218. The highest BCUT2D eigenvalue weighted by molar-refractivity contribution is 5.75. The van der Waals surface area contributed by atoms with Crippen molar-refractivity contribution in [2.45, 2.75) is 37.8 Å². The molecule has 0 spiro atoms. The van der Waals surface area contributed by atoms with E-state index in [0.29, 0.717) is 5.92 Å². The van der Waals surface area contributed by atoms with E-state index in [0.717, 1.165) is 45.3 Å². The van der Waals surface area contributed by atoms with Gasteiger partial charge < -0.3 is 4.74 Å². The summed E-state index contributed by atoms with van der Waals surface area (Å²) in [7, 11) is 0. The number of rotatable bonds is 2. The summed E-state index contributed by atoms with van der Waals surface area (Å²) in [4.78, 5) is 17.4. The molecule has 1 aromatic rings. The monoisotopic (exact) mass is 362 g/mol. The van der Waals surface area contributed by atoms with Crippen LogP contribution in [0.25, 0.3) is 6.08 Å². The van der Waals surface area contributed by atoms with Gasteiger partial charge in [0.05, 0.1) is 6.04 Å². The van der Waals surface area contributed by atoms with Crippen molar-refractivity contribution in [3.05, 3.63) is 65.4 Å². The number of carbonyl (C=O) groups is 1. The second-order valence-corrected chi connectivity index (χ2v) is 8.00. The van der Waals surface area contributed by atoms with Gasteiger partial charge in [-0.2, -0.15) is 0 Å². The Bertz CT molecular complexity index is 817. The van der Waals surface area contributed by atoms with Gasteiger partial charge in [0.15, 0.2) is 0 Å². The summed E-state index contributed by atoms with van der Waals surface area (Å²) >= 11 is 0. The number of ether oxygens (including phenoxy) is 1. The molecule has 0 aromatic heterocycles. The number of hydrogen-bond donors (Lipinski definition) is 0. The maximum Gasteiger partial charge on any atom is 0.414 e. The second kappa shape index (κ2) is 7.01. The van der Waals surface area contributed by atoms with Gasteiger partial charge in [-0.15, -0.1) is 0 Å². The van der Waals surface area contributed by atoms with E-state index in [4.69, 9.17) is 4.74 Å². The summed E-state index contributed by atoms with van der Waals surface area (Å²) in [5, 5.41) is 0. The van der Waals surface area contributed by atoms with Gasteiger partial charge in [0.2, 0.25) is 0 Å². The molecule has 1 aromatic carbocycles. The van der Waals surface area contributed by atoms with E-state index in [2.05, 4.69) is 41.3 Å². The number of hydrogen-bond acceptors (Lipinski definition) is 3. The molecule has 1 unspecified atom stereocenters. The molecule has 5 aliphatic rings. The smallest absolute Gasteiger partial charge is 0.414 e. The molecule has 4 aliphatic heterocycles. The number of piperidine rings is 3. The van der Waals surface area contributed by atoms with Crippen LogP contribution in [0.3, 0.4) is 0 Å². The Kier molecular flexibility index (Phi) is 4.36. The Morgan fingerprint density at radius 3 is 2.67 bits per heavy atom. The Balaban J connectivity index is 1.42. The first kappa shape index (κ1) is 16.8. The molecule has 0 N–H and O–H groups in total. The summed E-state index contributed by atoms with van der Waals surface area (Å²) in [5.74, 6) is 0.521. The fourth-order valence-corrected chi connectivity index (χ4v) is 4.89. The fourth-order valence-electron chi connectivity index (χ4n) is 4.89. The molecule has 4 heterocycles. The average molecular weight is 362 g/mol. The molecular weight excluding hydrogens is 336 g/mol. The van der Waals surface area contributed by atoms with E-state index in [1.807, 2.05) is 18.3 Å².